The number of hydrogen-bond donors (Lipinski definition) is 0. The molecule has 0 aliphatic heterocycles. The predicted octanol–water partition coefficient (Wildman–Crippen LogP) is 25.6. The molecule has 0 saturated carbocycles. The molecule has 0 radical (unpaired) electrons. The van der Waals surface area contributed by atoms with Gasteiger partial charge in [0.05, 0.1) is 0 Å². The van der Waals surface area contributed by atoms with E-state index in [-0.39, 0.29) is 11.8 Å². The van der Waals surface area contributed by atoms with Crippen molar-refractivity contribution in [2.45, 2.75) is 228 Å². The topological polar surface area (TPSA) is 36.9 Å². The van der Waals surface area contributed by atoms with Crippen LogP contribution in [0.3, 0.4) is 0 Å². The van der Waals surface area contributed by atoms with Crippen molar-refractivity contribution in [3.63, 3.8) is 0 Å². The maximum absolute atomic E-state index is 8.78. The largest absolute Gasteiger partial charge is 0.530 e. The van der Waals surface area contributed by atoms with Gasteiger partial charge >= 0.3 is 33.3 Å². The van der Waals surface area contributed by atoms with E-state index in [1.165, 1.54) is 84.5 Å². The molecule has 0 aliphatic rings. The van der Waals surface area contributed by atoms with Gasteiger partial charge in [0.2, 0.25) is 0 Å². The van der Waals surface area contributed by atoms with Crippen molar-refractivity contribution < 1.29 is 17.7 Å². The zero-order valence-corrected chi connectivity index (χ0v) is 90.8. The number of hydrogen-bond acceptors (Lipinski definition) is 4. The lowest BCUT2D eigenvalue weighted by atomic mass is 9.69. The van der Waals surface area contributed by atoms with Crippen LogP contribution in [0.15, 0.2) is 413 Å². The van der Waals surface area contributed by atoms with Crippen LogP contribution in [-0.2, 0) is 43.3 Å². The Morgan fingerprint density at radius 1 is 0.151 bits per heavy atom. The standard InChI is InChI=1S/C131H144O4Si4/c1-124(2,3)112-85-94(86-113(125(4,5)6)120(112)132-136(98-61-37-25-38-62-98,99-63-39-26-40-64-99)100-65-41-27-42-66-100)110(95-87-114(126(7,8)9)121(115(88-95)127(10,11)12)133-137(101-67-43-28-44-68-101,102-69-45-29-46-70-102)103-71-47-30-48-72-103)93-111(96-89-116(128(13,14)15)122(117(90-96)129(16,17)18)134-138(104-73-49-31-50-74-104,105-75-51-32-52-76-105)106-77-53-33-54-78-106)97-91-118(130(19,20)21)123(119(92-97)131(22,23)24)135-139(107-79-55-34-56-80-107,108-81-57-35-58-82-108)109-83-59-36-60-84-109/h25-92,110-111H,93H2,1-24H3. The number of rotatable bonds is 26. The molecule has 0 aliphatic carbocycles. The molecule has 0 bridgehead atoms. The van der Waals surface area contributed by atoms with Crippen molar-refractivity contribution in [1.82, 2.24) is 0 Å². The second kappa shape index (κ2) is 39.3. The fourth-order valence-corrected chi connectivity index (χ4v) is 36.3. The first-order valence-corrected chi connectivity index (χ1v) is 57.8. The Kier molecular flexibility index (Phi) is 28.2. The molecule has 0 unspecified atom stereocenters. The average molecular weight is 1890 g/mol. The van der Waals surface area contributed by atoms with Crippen molar-refractivity contribution in [1.29, 1.82) is 0 Å². The molecule has 708 valence electrons. The van der Waals surface area contributed by atoms with Crippen molar-refractivity contribution >= 4 is 95.5 Å². The third-order valence-corrected chi connectivity index (χ3v) is 44.0. The van der Waals surface area contributed by atoms with Gasteiger partial charge in [-0.3, -0.25) is 0 Å². The minimum absolute atomic E-state index is 0.362. The maximum Gasteiger partial charge on any atom is 0.346 e. The highest BCUT2D eigenvalue weighted by atomic mass is 28.4. The van der Waals surface area contributed by atoms with Gasteiger partial charge in [-0.2, -0.15) is 0 Å². The molecular formula is C131H144O4Si4. The summed E-state index contributed by atoms with van der Waals surface area (Å²) in [7, 11) is -14.1. The van der Waals surface area contributed by atoms with Gasteiger partial charge < -0.3 is 17.7 Å². The average Bonchev–Trinajstić information content (AvgIpc) is 0.732. The monoisotopic (exact) mass is 1890 g/mol. The molecule has 0 aromatic heterocycles. The second-order valence-electron chi connectivity index (χ2n) is 46.6. The smallest absolute Gasteiger partial charge is 0.346 e. The minimum atomic E-state index is -3.53. The Balaban J connectivity index is 1.08. The summed E-state index contributed by atoms with van der Waals surface area (Å²) in [5, 5.41) is 14.1. The Hall–Kier alpha value is -12.4. The Morgan fingerprint density at radius 3 is 0.331 bits per heavy atom. The summed E-state index contributed by atoms with van der Waals surface area (Å²) in [5.74, 6) is 3.01. The molecule has 16 aromatic rings. The molecule has 0 atom stereocenters. The fraction of sp³-hybridized carbons (Fsp3) is 0.267. The zero-order chi connectivity index (χ0) is 98.9. The summed E-state index contributed by atoms with van der Waals surface area (Å²) in [5.41, 5.74) is 10.0. The molecule has 16 aromatic carbocycles. The summed E-state index contributed by atoms with van der Waals surface area (Å²) in [6.45, 7) is 57.9. The van der Waals surface area contributed by atoms with Crippen molar-refractivity contribution in [2.24, 2.45) is 0 Å². The van der Waals surface area contributed by atoms with Crippen LogP contribution in [0.4, 0.5) is 0 Å². The third kappa shape index (κ3) is 20.3. The van der Waals surface area contributed by atoms with Crippen LogP contribution in [0.25, 0.3) is 0 Å². The van der Waals surface area contributed by atoms with Gasteiger partial charge in [0, 0.05) is 11.8 Å². The fourth-order valence-electron chi connectivity index (χ4n) is 20.9. The van der Waals surface area contributed by atoms with E-state index >= 15 is 0 Å². The van der Waals surface area contributed by atoms with Gasteiger partial charge in [0.15, 0.2) is 0 Å². The second-order valence-corrected chi connectivity index (χ2v) is 59.8. The van der Waals surface area contributed by atoms with E-state index in [0.29, 0.717) is 6.42 Å². The molecule has 0 fully saturated rings. The van der Waals surface area contributed by atoms with E-state index in [2.05, 4.69) is 579 Å². The zero-order valence-electron chi connectivity index (χ0n) is 86.8. The van der Waals surface area contributed by atoms with Crippen LogP contribution in [0.1, 0.15) is 251 Å². The lowest BCUT2D eigenvalue weighted by Crippen LogP contribution is -2.71. The first-order chi connectivity index (χ1) is 66.0. The van der Waals surface area contributed by atoms with Crippen LogP contribution in [0.2, 0.25) is 0 Å². The summed E-state index contributed by atoms with van der Waals surface area (Å²) >= 11 is 0. The quantitative estimate of drug-likeness (QED) is 0.0400. The van der Waals surface area contributed by atoms with Crippen LogP contribution in [0, 0.1) is 0 Å². The van der Waals surface area contributed by atoms with Crippen LogP contribution in [0.5, 0.6) is 23.0 Å². The first kappa shape index (κ1) is 99.6. The molecule has 0 amide bonds. The highest BCUT2D eigenvalue weighted by molar-refractivity contribution is 7.09. The summed E-state index contributed by atoms with van der Waals surface area (Å²) in [6.07, 6.45) is 0.600. The molecular weight excluding hydrogens is 1750 g/mol. The van der Waals surface area contributed by atoms with Crippen molar-refractivity contribution in [2.75, 3.05) is 0 Å². The summed E-state index contributed by atoms with van der Waals surface area (Å²) in [6, 6.07) is 155. The van der Waals surface area contributed by atoms with Gasteiger partial charge in [-0.1, -0.05) is 579 Å². The molecule has 0 spiro atoms. The highest BCUT2D eigenvalue weighted by Crippen LogP contribution is 2.54. The van der Waals surface area contributed by atoms with Gasteiger partial charge in [-0.25, -0.2) is 0 Å². The molecule has 139 heavy (non-hydrogen) atoms. The molecule has 0 N–H and O–H groups in total. The van der Waals surface area contributed by atoms with Crippen molar-refractivity contribution in [3.05, 3.63) is 479 Å². The number of benzene rings is 16. The van der Waals surface area contributed by atoms with E-state index in [1.54, 1.807) is 0 Å². The third-order valence-electron chi connectivity index (χ3n) is 28.2. The van der Waals surface area contributed by atoms with E-state index < -0.39 is 76.6 Å². The van der Waals surface area contributed by atoms with E-state index in [0.717, 1.165) is 67.5 Å². The summed E-state index contributed by atoms with van der Waals surface area (Å²) in [4.78, 5) is 0. The minimum Gasteiger partial charge on any atom is -0.530 e. The Labute approximate surface area is 837 Å². The Morgan fingerprint density at radius 2 is 0.245 bits per heavy atom. The van der Waals surface area contributed by atoms with Crippen molar-refractivity contribution in [3.8, 4) is 23.0 Å². The molecule has 0 heterocycles. The SMILES string of the molecule is CC(C)(C)c1cc(C(CC(c2cc(C(C)(C)C)c(O[Si](c3ccccc3)(c3ccccc3)c3ccccc3)c(C(C)(C)C)c2)c2cc(C(C)(C)C)c(O[Si](c3ccccc3)(c3ccccc3)c3ccccc3)c(C(C)(C)C)c2)c2cc(C(C)(C)C)c(O[Si](c3ccccc3)(c3ccccc3)c3ccccc3)c(C(C)(C)C)c2)cc(C(C)(C)C)c1O[Si](c1ccccc1)(c1ccccc1)c1ccccc1. The molecule has 16 rings (SSSR count). The molecule has 0 saturated heterocycles. The lowest BCUT2D eigenvalue weighted by molar-refractivity contribution is 0.479. The normalized spacial score (nSPS) is 12.9. The van der Waals surface area contributed by atoms with Crippen LogP contribution < -0.4 is 79.9 Å². The lowest BCUT2D eigenvalue weighted by Gasteiger charge is -2.41. The van der Waals surface area contributed by atoms with E-state index in [4.69, 9.17) is 17.7 Å². The predicted molar refractivity (Wildman–Crippen MR) is 602 cm³/mol. The van der Waals surface area contributed by atoms with Crippen LogP contribution in [-0.4, -0.2) is 33.3 Å². The molecule has 8 heteroatoms. The maximum atomic E-state index is 8.78. The van der Waals surface area contributed by atoms with Crippen LogP contribution >= 0.6 is 0 Å². The van der Waals surface area contributed by atoms with Gasteiger partial charge in [0.1, 0.15) is 23.0 Å². The van der Waals surface area contributed by atoms with Gasteiger partial charge in [-0.05, 0) is 179 Å². The van der Waals surface area contributed by atoms with Gasteiger partial charge in [-0.15, -0.1) is 0 Å². The molecule has 4 nitrogen and oxygen atoms in total. The highest BCUT2D eigenvalue weighted by Gasteiger charge is 2.52. The Bertz CT molecular complexity index is 5480. The summed E-state index contributed by atoms with van der Waals surface area (Å²) < 4.78 is 35.1. The van der Waals surface area contributed by atoms with E-state index in [1.807, 2.05) is 0 Å². The first-order valence-electron chi connectivity index (χ1n) is 50.2. The van der Waals surface area contributed by atoms with Gasteiger partial charge in [0.25, 0.3) is 0 Å². The van der Waals surface area contributed by atoms with E-state index in [9.17, 15) is 0 Å².